The van der Waals surface area contributed by atoms with Crippen molar-refractivity contribution in [2.45, 2.75) is 10.7 Å². The van der Waals surface area contributed by atoms with Crippen molar-refractivity contribution in [3.05, 3.63) is 46.6 Å². The number of carboxylic acid groups (broad SMARTS) is 1. The van der Waals surface area contributed by atoms with Crippen LogP contribution in [0.1, 0.15) is 10.4 Å². The van der Waals surface area contributed by atoms with Crippen molar-refractivity contribution in [3.63, 3.8) is 0 Å². The van der Waals surface area contributed by atoms with Crippen molar-refractivity contribution >= 4 is 45.2 Å². The lowest BCUT2D eigenvalue weighted by molar-refractivity contribution is 0.0697. The van der Waals surface area contributed by atoms with E-state index in [1.54, 1.807) is 18.2 Å². The van der Waals surface area contributed by atoms with Crippen molar-refractivity contribution in [2.75, 3.05) is 5.32 Å². The standard InChI is InChI=1S/C13H9BrF2N2O2S/c14-7-5-8(12(19)20)11(17-6-7)18-9-3-1-2-4-10(9)21-13(15)16/h1-6,13H,(H,17,18)(H,19,20). The number of alkyl halides is 2. The van der Waals surface area contributed by atoms with Gasteiger partial charge in [-0.05, 0) is 34.1 Å². The van der Waals surface area contributed by atoms with Crippen molar-refractivity contribution in [1.29, 1.82) is 0 Å². The number of carbonyl (C=O) groups is 1. The molecule has 0 saturated heterocycles. The van der Waals surface area contributed by atoms with E-state index >= 15 is 0 Å². The van der Waals surface area contributed by atoms with Gasteiger partial charge in [0.25, 0.3) is 5.76 Å². The van der Waals surface area contributed by atoms with E-state index in [9.17, 15) is 13.6 Å². The van der Waals surface area contributed by atoms with Gasteiger partial charge in [-0.15, -0.1) is 0 Å². The van der Waals surface area contributed by atoms with Crippen LogP contribution in [0.2, 0.25) is 0 Å². The van der Waals surface area contributed by atoms with Crippen LogP contribution in [0.25, 0.3) is 0 Å². The molecule has 0 saturated carbocycles. The number of pyridine rings is 1. The highest BCUT2D eigenvalue weighted by atomic mass is 79.9. The van der Waals surface area contributed by atoms with E-state index in [2.05, 4.69) is 26.2 Å². The second kappa shape index (κ2) is 6.86. The lowest BCUT2D eigenvalue weighted by atomic mass is 10.2. The largest absolute Gasteiger partial charge is 0.478 e. The normalized spacial score (nSPS) is 10.7. The van der Waals surface area contributed by atoms with E-state index in [1.165, 1.54) is 18.3 Å². The van der Waals surface area contributed by atoms with Gasteiger partial charge < -0.3 is 10.4 Å². The molecule has 8 heteroatoms. The summed E-state index contributed by atoms with van der Waals surface area (Å²) in [7, 11) is 0. The highest BCUT2D eigenvalue weighted by molar-refractivity contribution is 9.10. The number of nitrogens with zero attached hydrogens (tertiary/aromatic N) is 1. The summed E-state index contributed by atoms with van der Waals surface area (Å²) in [5, 5.41) is 11.9. The smallest absolute Gasteiger partial charge is 0.339 e. The number of hydrogen-bond acceptors (Lipinski definition) is 4. The van der Waals surface area contributed by atoms with Crippen molar-refractivity contribution in [2.24, 2.45) is 0 Å². The Balaban J connectivity index is 2.37. The Morgan fingerprint density at radius 1 is 1.38 bits per heavy atom. The maximum atomic E-state index is 12.5. The monoisotopic (exact) mass is 374 g/mol. The summed E-state index contributed by atoms with van der Waals surface area (Å²) in [6, 6.07) is 7.79. The zero-order chi connectivity index (χ0) is 15.4. The number of aromatic nitrogens is 1. The summed E-state index contributed by atoms with van der Waals surface area (Å²) in [5.74, 6) is -3.64. The van der Waals surface area contributed by atoms with Gasteiger partial charge in [-0.2, -0.15) is 8.78 Å². The number of halogens is 3. The van der Waals surface area contributed by atoms with Gasteiger partial charge >= 0.3 is 5.97 Å². The van der Waals surface area contributed by atoms with Crippen LogP contribution < -0.4 is 5.32 Å². The van der Waals surface area contributed by atoms with Crippen molar-refractivity contribution in [1.82, 2.24) is 4.98 Å². The number of nitrogens with one attached hydrogen (secondary N) is 1. The SMILES string of the molecule is O=C(O)c1cc(Br)cnc1Nc1ccccc1SC(F)F. The molecular weight excluding hydrogens is 366 g/mol. The van der Waals surface area contributed by atoms with Gasteiger partial charge in [-0.1, -0.05) is 23.9 Å². The molecule has 0 aliphatic heterocycles. The fourth-order valence-electron chi connectivity index (χ4n) is 1.60. The summed E-state index contributed by atoms with van der Waals surface area (Å²) in [6.07, 6.45) is 1.43. The third-order valence-corrected chi connectivity index (χ3v) is 3.66. The maximum Gasteiger partial charge on any atom is 0.339 e. The number of hydrogen-bond donors (Lipinski definition) is 2. The lowest BCUT2D eigenvalue weighted by Gasteiger charge is -2.12. The van der Waals surface area contributed by atoms with Crippen LogP contribution in [0.5, 0.6) is 0 Å². The third kappa shape index (κ3) is 4.15. The van der Waals surface area contributed by atoms with Gasteiger partial charge in [0.2, 0.25) is 0 Å². The van der Waals surface area contributed by atoms with Crippen LogP contribution in [0, 0.1) is 0 Å². The Morgan fingerprint density at radius 3 is 2.76 bits per heavy atom. The second-order valence-electron chi connectivity index (χ2n) is 3.85. The minimum absolute atomic E-state index is 0.0544. The predicted octanol–water partition coefficient (Wildman–Crippen LogP) is 4.60. The highest BCUT2D eigenvalue weighted by Crippen LogP contribution is 2.33. The molecule has 0 aliphatic rings. The minimum atomic E-state index is -2.57. The summed E-state index contributed by atoms with van der Waals surface area (Å²) < 4.78 is 25.6. The van der Waals surface area contributed by atoms with Gasteiger partial charge in [-0.3, -0.25) is 0 Å². The van der Waals surface area contributed by atoms with Gasteiger partial charge in [0.05, 0.1) is 5.69 Å². The first kappa shape index (κ1) is 15.7. The number of thioether (sulfide) groups is 1. The summed E-state index contributed by atoms with van der Waals surface area (Å²) in [4.78, 5) is 15.5. The van der Waals surface area contributed by atoms with Gasteiger partial charge in [0.1, 0.15) is 11.4 Å². The van der Waals surface area contributed by atoms with E-state index in [0.29, 0.717) is 26.8 Å². The van der Waals surface area contributed by atoms with E-state index in [-0.39, 0.29) is 11.4 Å². The molecule has 0 amide bonds. The predicted molar refractivity (Wildman–Crippen MR) is 80.5 cm³/mol. The third-order valence-electron chi connectivity index (χ3n) is 2.44. The molecule has 4 nitrogen and oxygen atoms in total. The van der Waals surface area contributed by atoms with Crippen LogP contribution in [-0.2, 0) is 0 Å². The molecule has 0 spiro atoms. The average molecular weight is 375 g/mol. The highest BCUT2D eigenvalue weighted by Gasteiger charge is 2.15. The molecule has 0 fully saturated rings. The lowest BCUT2D eigenvalue weighted by Crippen LogP contribution is -2.05. The minimum Gasteiger partial charge on any atom is -0.478 e. The van der Waals surface area contributed by atoms with E-state index in [1.807, 2.05) is 0 Å². The Bertz CT molecular complexity index is 670. The Kier molecular flexibility index (Phi) is 5.13. The van der Waals surface area contributed by atoms with Gasteiger partial charge in [0, 0.05) is 15.6 Å². The van der Waals surface area contributed by atoms with Crippen molar-refractivity contribution < 1.29 is 18.7 Å². The van der Waals surface area contributed by atoms with E-state index in [4.69, 9.17) is 5.11 Å². The molecule has 1 aromatic heterocycles. The average Bonchev–Trinajstić information content (AvgIpc) is 2.42. The van der Waals surface area contributed by atoms with E-state index < -0.39 is 11.7 Å². The number of aromatic carboxylic acids is 1. The maximum absolute atomic E-state index is 12.5. The molecule has 110 valence electrons. The number of benzene rings is 1. The van der Waals surface area contributed by atoms with Gasteiger partial charge in [0.15, 0.2) is 0 Å². The molecule has 0 radical (unpaired) electrons. The molecule has 0 aliphatic carbocycles. The first-order chi connectivity index (χ1) is 9.97. The van der Waals surface area contributed by atoms with Gasteiger partial charge in [-0.25, -0.2) is 9.78 Å². The van der Waals surface area contributed by atoms with Crippen LogP contribution >= 0.6 is 27.7 Å². The molecule has 0 unspecified atom stereocenters. The topological polar surface area (TPSA) is 62.2 Å². The molecule has 2 aromatic rings. The Labute approximate surface area is 131 Å². The molecule has 0 bridgehead atoms. The van der Waals surface area contributed by atoms with E-state index in [0.717, 1.165) is 0 Å². The fourth-order valence-corrected chi connectivity index (χ4v) is 2.52. The zero-order valence-electron chi connectivity index (χ0n) is 10.4. The fraction of sp³-hybridized carbons (Fsp3) is 0.0769. The van der Waals surface area contributed by atoms with Crippen LogP contribution in [0.3, 0.4) is 0 Å². The zero-order valence-corrected chi connectivity index (χ0v) is 12.8. The summed E-state index contributed by atoms with van der Waals surface area (Å²) >= 11 is 3.52. The van der Waals surface area contributed by atoms with Crippen LogP contribution in [0.15, 0.2) is 45.9 Å². The molecule has 21 heavy (non-hydrogen) atoms. The second-order valence-corrected chi connectivity index (χ2v) is 5.80. The molecule has 2 rings (SSSR count). The number of anilines is 2. The quantitative estimate of drug-likeness (QED) is 0.748. The summed E-state index contributed by atoms with van der Waals surface area (Å²) in [6.45, 7) is 0. The Morgan fingerprint density at radius 2 is 2.10 bits per heavy atom. The van der Waals surface area contributed by atoms with Crippen LogP contribution in [-0.4, -0.2) is 21.8 Å². The number of carboxylic acids is 1. The van der Waals surface area contributed by atoms with Crippen LogP contribution in [0.4, 0.5) is 20.3 Å². The Hall–Kier alpha value is -1.67. The molecule has 1 aromatic carbocycles. The first-order valence-corrected chi connectivity index (χ1v) is 7.34. The number of para-hydroxylation sites is 1. The summed E-state index contributed by atoms with van der Waals surface area (Å²) in [5.41, 5.74) is 0.321. The van der Waals surface area contributed by atoms with Crippen molar-refractivity contribution in [3.8, 4) is 0 Å². The molecule has 0 atom stereocenters. The molecule has 1 heterocycles. The number of rotatable bonds is 5. The first-order valence-electron chi connectivity index (χ1n) is 5.67. The molecule has 2 N–H and O–H groups in total. The molecular formula is C13H9BrF2N2O2S.